The lowest BCUT2D eigenvalue weighted by atomic mass is 9.96. The number of methoxy groups -OCH3 is 1. The molecule has 1 aromatic carbocycles. The van der Waals surface area contributed by atoms with Crippen LogP contribution in [0.4, 0.5) is 0 Å². The second-order valence-corrected chi connectivity index (χ2v) is 5.90. The largest absolute Gasteiger partial charge is 0.481 e. The fourth-order valence-electron chi connectivity index (χ4n) is 2.07. The number of hydrogen-bond acceptors (Lipinski definition) is 5. The van der Waals surface area contributed by atoms with Gasteiger partial charge < -0.3 is 9.26 Å². The molecule has 0 spiro atoms. The average molecular weight is 283 g/mol. The van der Waals surface area contributed by atoms with Gasteiger partial charge in [0.05, 0.1) is 18.2 Å². The Morgan fingerprint density at radius 3 is 2.52 bits per heavy atom. The highest BCUT2D eigenvalue weighted by atomic mass is 16.5. The molecule has 0 unspecified atom stereocenters. The van der Waals surface area contributed by atoms with Crippen LogP contribution >= 0.6 is 0 Å². The summed E-state index contributed by atoms with van der Waals surface area (Å²) in [6.07, 6.45) is 0. The number of para-hydroxylation sites is 1. The Balaban J connectivity index is 2.21. The molecule has 0 aliphatic rings. The van der Waals surface area contributed by atoms with Gasteiger partial charge in [0.25, 0.3) is 5.89 Å². The van der Waals surface area contributed by atoms with Gasteiger partial charge in [0, 0.05) is 16.9 Å². The molecule has 0 N–H and O–H groups in total. The third-order valence-electron chi connectivity index (χ3n) is 3.23. The summed E-state index contributed by atoms with van der Waals surface area (Å²) in [5.74, 6) is 1.69. The normalized spacial score (nSPS) is 11.8. The third-order valence-corrected chi connectivity index (χ3v) is 3.23. The molecule has 5 nitrogen and oxygen atoms in total. The van der Waals surface area contributed by atoms with Crippen LogP contribution in [0, 0.1) is 0 Å². The van der Waals surface area contributed by atoms with E-state index in [2.05, 4.69) is 15.1 Å². The minimum absolute atomic E-state index is 0.158. The molecule has 0 radical (unpaired) electrons. The van der Waals surface area contributed by atoms with E-state index in [1.165, 1.54) is 0 Å². The molecule has 5 heteroatoms. The summed E-state index contributed by atoms with van der Waals surface area (Å²) in [7, 11) is 1.59. The van der Waals surface area contributed by atoms with Crippen LogP contribution in [-0.4, -0.2) is 22.2 Å². The summed E-state index contributed by atoms with van der Waals surface area (Å²) in [6, 6.07) is 9.64. The molecule has 0 atom stereocenters. The van der Waals surface area contributed by atoms with E-state index >= 15 is 0 Å². The smallest absolute Gasteiger partial charge is 0.258 e. The average Bonchev–Trinajstić information content (AvgIpc) is 2.95. The molecule has 0 aliphatic heterocycles. The van der Waals surface area contributed by atoms with E-state index in [4.69, 9.17) is 9.26 Å². The van der Waals surface area contributed by atoms with E-state index in [1.54, 1.807) is 7.11 Å². The van der Waals surface area contributed by atoms with Gasteiger partial charge in [-0.15, -0.1) is 0 Å². The van der Waals surface area contributed by atoms with Crippen LogP contribution in [-0.2, 0) is 5.41 Å². The predicted octanol–water partition coefficient (Wildman–Crippen LogP) is 3.59. The summed E-state index contributed by atoms with van der Waals surface area (Å²) in [5.41, 5.74) is 1.51. The molecule has 0 saturated heterocycles. The van der Waals surface area contributed by atoms with E-state index in [1.807, 2.05) is 51.1 Å². The number of fused-ring (bicyclic) bond motifs is 1. The molecule has 108 valence electrons. The third kappa shape index (κ3) is 2.46. The summed E-state index contributed by atoms with van der Waals surface area (Å²) < 4.78 is 10.7. The van der Waals surface area contributed by atoms with Gasteiger partial charge in [0.2, 0.25) is 5.88 Å². The molecule has 2 aromatic heterocycles. The number of benzene rings is 1. The van der Waals surface area contributed by atoms with Gasteiger partial charge >= 0.3 is 0 Å². The fourth-order valence-corrected chi connectivity index (χ4v) is 2.07. The van der Waals surface area contributed by atoms with Crippen LogP contribution in [0.2, 0.25) is 0 Å². The molecule has 0 aliphatic carbocycles. The van der Waals surface area contributed by atoms with Crippen molar-refractivity contribution in [2.75, 3.05) is 7.11 Å². The number of rotatable bonds is 2. The molecular weight excluding hydrogens is 266 g/mol. The first kappa shape index (κ1) is 13.5. The van der Waals surface area contributed by atoms with Crippen molar-refractivity contribution in [3.05, 3.63) is 36.2 Å². The first-order valence-electron chi connectivity index (χ1n) is 6.77. The van der Waals surface area contributed by atoms with Crippen LogP contribution in [0.1, 0.15) is 26.6 Å². The minimum atomic E-state index is -0.158. The van der Waals surface area contributed by atoms with E-state index in [0.29, 0.717) is 17.6 Å². The van der Waals surface area contributed by atoms with Crippen molar-refractivity contribution in [3.63, 3.8) is 0 Å². The zero-order chi connectivity index (χ0) is 15.0. The Morgan fingerprint density at radius 1 is 1.10 bits per heavy atom. The van der Waals surface area contributed by atoms with Crippen molar-refractivity contribution in [1.82, 2.24) is 15.1 Å². The number of ether oxygens (including phenoxy) is 1. The van der Waals surface area contributed by atoms with Crippen molar-refractivity contribution >= 4 is 10.9 Å². The lowest BCUT2D eigenvalue weighted by molar-refractivity contribution is 0.396. The Morgan fingerprint density at radius 2 is 1.86 bits per heavy atom. The van der Waals surface area contributed by atoms with Crippen LogP contribution in [0.15, 0.2) is 34.9 Å². The Labute approximate surface area is 123 Å². The van der Waals surface area contributed by atoms with Gasteiger partial charge in [0.15, 0.2) is 5.82 Å². The van der Waals surface area contributed by atoms with Crippen molar-refractivity contribution in [1.29, 1.82) is 0 Å². The SMILES string of the molecule is COc1cc(-c2nc(C(C)(C)C)no2)c2ccccc2n1. The van der Waals surface area contributed by atoms with E-state index in [9.17, 15) is 0 Å². The van der Waals surface area contributed by atoms with Crippen LogP contribution in [0.3, 0.4) is 0 Å². The molecule has 2 heterocycles. The number of nitrogens with zero attached hydrogens (tertiary/aromatic N) is 3. The molecule has 0 fully saturated rings. The van der Waals surface area contributed by atoms with Crippen LogP contribution in [0.5, 0.6) is 5.88 Å². The molecule has 21 heavy (non-hydrogen) atoms. The van der Waals surface area contributed by atoms with E-state index < -0.39 is 0 Å². The fraction of sp³-hybridized carbons (Fsp3) is 0.312. The topological polar surface area (TPSA) is 61.0 Å². The molecular formula is C16H17N3O2. The number of pyridine rings is 1. The van der Waals surface area contributed by atoms with Gasteiger partial charge in [-0.05, 0) is 6.07 Å². The van der Waals surface area contributed by atoms with Gasteiger partial charge in [-0.1, -0.05) is 44.1 Å². The van der Waals surface area contributed by atoms with Crippen molar-refractivity contribution in [2.45, 2.75) is 26.2 Å². The monoisotopic (exact) mass is 283 g/mol. The summed E-state index contributed by atoms with van der Waals surface area (Å²) >= 11 is 0. The van der Waals surface area contributed by atoms with Gasteiger partial charge in [0.1, 0.15) is 0 Å². The Bertz CT molecular complexity index is 788. The van der Waals surface area contributed by atoms with Crippen molar-refractivity contribution in [2.24, 2.45) is 0 Å². The Hall–Kier alpha value is -2.43. The van der Waals surface area contributed by atoms with Crippen LogP contribution < -0.4 is 4.74 Å². The maximum Gasteiger partial charge on any atom is 0.258 e. The lowest BCUT2D eigenvalue weighted by Crippen LogP contribution is -2.13. The van der Waals surface area contributed by atoms with Crippen molar-refractivity contribution in [3.8, 4) is 17.3 Å². The standard InChI is InChI=1S/C16H17N3O2/c1-16(2,3)15-18-14(21-19-15)11-9-13(20-4)17-12-8-6-5-7-10(11)12/h5-9H,1-4H3. The highest BCUT2D eigenvalue weighted by molar-refractivity contribution is 5.92. The number of aromatic nitrogens is 3. The van der Waals surface area contributed by atoms with E-state index in [-0.39, 0.29) is 5.41 Å². The lowest BCUT2D eigenvalue weighted by Gasteiger charge is -2.11. The van der Waals surface area contributed by atoms with Gasteiger partial charge in [-0.25, -0.2) is 4.98 Å². The first-order chi connectivity index (χ1) is 9.99. The molecule has 0 amide bonds. The zero-order valence-electron chi connectivity index (χ0n) is 12.5. The summed E-state index contributed by atoms with van der Waals surface area (Å²) in [4.78, 5) is 8.94. The maximum atomic E-state index is 5.44. The highest BCUT2D eigenvalue weighted by Crippen LogP contribution is 2.31. The second-order valence-electron chi connectivity index (χ2n) is 5.90. The summed E-state index contributed by atoms with van der Waals surface area (Å²) in [5, 5.41) is 5.04. The predicted molar refractivity (Wildman–Crippen MR) is 80.3 cm³/mol. The zero-order valence-corrected chi connectivity index (χ0v) is 12.5. The molecule has 0 saturated carbocycles. The summed E-state index contributed by atoms with van der Waals surface area (Å²) in [6.45, 7) is 6.15. The van der Waals surface area contributed by atoms with Gasteiger partial charge in [-0.3, -0.25) is 0 Å². The molecule has 0 bridgehead atoms. The van der Waals surface area contributed by atoms with Gasteiger partial charge in [-0.2, -0.15) is 4.98 Å². The van der Waals surface area contributed by atoms with E-state index in [0.717, 1.165) is 16.5 Å². The first-order valence-corrected chi connectivity index (χ1v) is 6.77. The van der Waals surface area contributed by atoms with Crippen molar-refractivity contribution < 1.29 is 9.26 Å². The molecule has 3 rings (SSSR count). The molecule has 3 aromatic rings. The quantitative estimate of drug-likeness (QED) is 0.719. The number of hydrogen-bond donors (Lipinski definition) is 0. The highest BCUT2D eigenvalue weighted by Gasteiger charge is 2.22. The minimum Gasteiger partial charge on any atom is -0.481 e. The maximum absolute atomic E-state index is 5.44. The second kappa shape index (κ2) is 4.84. The van der Waals surface area contributed by atoms with Crippen LogP contribution in [0.25, 0.3) is 22.4 Å². The Kier molecular flexibility index (Phi) is 3.12.